The molecule has 2 aromatic rings. The lowest BCUT2D eigenvalue weighted by Gasteiger charge is -2.28. The molecule has 0 saturated carbocycles. The van der Waals surface area contributed by atoms with Gasteiger partial charge in [-0.3, -0.25) is 29.9 Å². The summed E-state index contributed by atoms with van der Waals surface area (Å²) in [4.78, 5) is 36.8. The predicted molar refractivity (Wildman–Crippen MR) is 108 cm³/mol. The summed E-state index contributed by atoms with van der Waals surface area (Å²) in [6.07, 6.45) is 4.91. The molecule has 1 aliphatic rings. The van der Waals surface area contributed by atoms with E-state index in [1.807, 2.05) is 6.92 Å². The second kappa shape index (κ2) is 8.13. The van der Waals surface area contributed by atoms with Crippen molar-refractivity contribution in [2.75, 3.05) is 6.54 Å². The molecular formula is C19H18N4O4S. The normalized spacial score (nSPS) is 15.8. The van der Waals surface area contributed by atoms with Gasteiger partial charge in [-0.2, -0.15) is 0 Å². The third-order valence-corrected chi connectivity index (χ3v) is 4.65. The highest BCUT2D eigenvalue weighted by Crippen LogP contribution is 2.21. The maximum absolute atomic E-state index is 12.8. The van der Waals surface area contributed by atoms with E-state index in [1.54, 1.807) is 35.0 Å². The van der Waals surface area contributed by atoms with Crippen LogP contribution in [-0.2, 0) is 9.59 Å². The Morgan fingerprint density at radius 3 is 2.57 bits per heavy atom. The Balaban J connectivity index is 1.94. The van der Waals surface area contributed by atoms with Crippen LogP contribution >= 0.6 is 12.2 Å². The second-order valence-corrected chi connectivity index (χ2v) is 6.59. The molecule has 2 heterocycles. The first-order chi connectivity index (χ1) is 13.4. The summed E-state index contributed by atoms with van der Waals surface area (Å²) >= 11 is 5.12. The molecule has 0 radical (unpaired) electrons. The van der Waals surface area contributed by atoms with Crippen LogP contribution in [0, 0.1) is 10.1 Å². The molecule has 0 atom stereocenters. The van der Waals surface area contributed by atoms with Gasteiger partial charge in [0.1, 0.15) is 5.57 Å². The first kappa shape index (κ1) is 19.4. The number of hydrogen-bond acceptors (Lipinski definition) is 5. The fourth-order valence-electron chi connectivity index (χ4n) is 2.84. The van der Waals surface area contributed by atoms with Crippen molar-refractivity contribution >= 4 is 40.9 Å². The average Bonchev–Trinajstić information content (AvgIpc) is 3.13. The van der Waals surface area contributed by atoms with Gasteiger partial charge >= 0.3 is 0 Å². The van der Waals surface area contributed by atoms with Gasteiger partial charge in [0.15, 0.2) is 5.11 Å². The van der Waals surface area contributed by atoms with Crippen molar-refractivity contribution in [1.82, 2.24) is 14.8 Å². The van der Waals surface area contributed by atoms with E-state index in [2.05, 4.69) is 5.32 Å². The molecule has 1 N–H and O–H groups in total. The summed E-state index contributed by atoms with van der Waals surface area (Å²) in [5.41, 5.74) is 1.24. The van der Waals surface area contributed by atoms with Gasteiger partial charge in [0, 0.05) is 36.3 Å². The van der Waals surface area contributed by atoms with Gasteiger partial charge in [0.25, 0.3) is 17.5 Å². The van der Waals surface area contributed by atoms with Crippen LogP contribution in [0.15, 0.2) is 48.2 Å². The number of non-ortho nitro benzene ring substituents is 1. The SMILES string of the molecule is CCCCN1C(=O)C(=Cc2cccn2-c2ccc([N+](=O)[O-])cc2)C(=O)NC1=S. The molecular weight excluding hydrogens is 380 g/mol. The lowest BCUT2D eigenvalue weighted by Crippen LogP contribution is -2.54. The number of carbonyl (C=O) groups excluding carboxylic acids is 2. The molecule has 28 heavy (non-hydrogen) atoms. The van der Waals surface area contributed by atoms with Crippen LogP contribution in [-0.4, -0.2) is 37.9 Å². The van der Waals surface area contributed by atoms with Crippen LogP contribution in [0.3, 0.4) is 0 Å². The number of amides is 2. The molecule has 8 nitrogen and oxygen atoms in total. The molecule has 1 saturated heterocycles. The number of thiocarbonyl (C=S) groups is 1. The quantitative estimate of drug-likeness (QED) is 0.265. The summed E-state index contributed by atoms with van der Waals surface area (Å²) in [6, 6.07) is 9.51. The molecule has 0 aliphatic carbocycles. The van der Waals surface area contributed by atoms with Crippen LogP contribution < -0.4 is 5.32 Å². The molecule has 1 aromatic heterocycles. The number of aromatic nitrogens is 1. The van der Waals surface area contributed by atoms with Crippen LogP contribution in [0.5, 0.6) is 0 Å². The number of nitro groups is 1. The third kappa shape index (κ3) is 3.84. The minimum Gasteiger partial charge on any atom is -0.317 e. The van der Waals surface area contributed by atoms with Gasteiger partial charge in [0.05, 0.1) is 4.92 Å². The van der Waals surface area contributed by atoms with Crippen molar-refractivity contribution in [3.63, 3.8) is 0 Å². The van der Waals surface area contributed by atoms with Gasteiger partial charge < -0.3 is 4.57 Å². The highest BCUT2D eigenvalue weighted by Gasteiger charge is 2.33. The van der Waals surface area contributed by atoms with Crippen molar-refractivity contribution in [2.24, 2.45) is 0 Å². The highest BCUT2D eigenvalue weighted by atomic mass is 32.1. The average molecular weight is 398 g/mol. The predicted octanol–water partition coefficient (Wildman–Crippen LogP) is 2.81. The van der Waals surface area contributed by atoms with Gasteiger partial charge in [-0.15, -0.1) is 0 Å². The number of unbranched alkanes of at least 4 members (excludes halogenated alkanes) is 1. The van der Waals surface area contributed by atoms with E-state index in [-0.39, 0.29) is 16.4 Å². The monoisotopic (exact) mass is 398 g/mol. The highest BCUT2D eigenvalue weighted by molar-refractivity contribution is 7.80. The zero-order valence-corrected chi connectivity index (χ0v) is 15.9. The third-order valence-electron chi connectivity index (χ3n) is 4.33. The molecule has 1 fully saturated rings. The lowest BCUT2D eigenvalue weighted by molar-refractivity contribution is -0.384. The topological polar surface area (TPSA) is 97.5 Å². The van der Waals surface area contributed by atoms with E-state index in [0.717, 1.165) is 12.8 Å². The van der Waals surface area contributed by atoms with Gasteiger partial charge in [-0.25, -0.2) is 0 Å². The van der Waals surface area contributed by atoms with E-state index in [4.69, 9.17) is 12.2 Å². The van der Waals surface area contributed by atoms with Crippen LogP contribution in [0.1, 0.15) is 25.5 Å². The Morgan fingerprint density at radius 2 is 1.93 bits per heavy atom. The molecule has 0 unspecified atom stereocenters. The lowest BCUT2D eigenvalue weighted by atomic mass is 10.1. The van der Waals surface area contributed by atoms with E-state index in [9.17, 15) is 19.7 Å². The zero-order valence-electron chi connectivity index (χ0n) is 15.1. The van der Waals surface area contributed by atoms with E-state index in [1.165, 1.54) is 23.1 Å². The summed E-state index contributed by atoms with van der Waals surface area (Å²) in [5.74, 6) is -0.974. The smallest absolute Gasteiger partial charge is 0.269 e. The van der Waals surface area contributed by atoms with E-state index < -0.39 is 16.7 Å². The van der Waals surface area contributed by atoms with Gasteiger partial charge in [-0.1, -0.05) is 13.3 Å². The summed E-state index contributed by atoms with van der Waals surface area (Å²) in [5, 5.41) is 13.5. The second-order valence-electron chi connectivity index (χ2n) is 6.20. The van der Waals surface area contributed by atoms with Crippen molar-refractivity contribution in [3.05, 3.63) is 64.0 Å². The fourth-order valence-corrected chi connectivity index (χ4v) is 3.11. The zero-order chi connectivity index (χ0) is 20.3. The Bertz CT molecular complexity index is 978. The van der Waals surface area contributed by atoms with Gasteiger partial charge in [-0.05, 0) is 49.0 Å². The Morgan fingerprint density at radius 1 is 1.21 bits per heavy atom. The van der Waals surface area contributed by atoms with Crippen molar-refractivity contribution < 1.29 is 14.5 Å². The van der Waals surface area contributed by atoms with E-state index in [0.29, 0.717) is 17.9 Å². The summed E-state index contributed by atoms with van der Waals surface area (Å²) in [7, 11) is 0. The number of benzene rings is 1. The van der Waals surface area contributed by atoms with Crippen molar-refractivity contribution in [2.45, 2.75) is 19.8 Å². The molecule has 2 amide bonds. The molecule has 0 bridgehead atoms. The minimum atomic E-state index is -0.542. The number of nitrogens with zero attached hydrogens (tertiary/aromatic N) is 3. The van der Waals surface area contributed by atoms with Crippen molar-refractivity contribution in [1.29, 1.82) is 0 Å². The summed E-state index contributed by atoms with van der Waals surface area (Å²) in [6.45, 7) is 2.44. The molecule has 0 spiro atoms. The minimum absolute atomic E-state index is 0.00781. The number of rotatable bonds is 6. The Kier molecular flexibility index (Phi) is 5.65. The number of hydrogen-bond donors (Lipinski definition) is 1. The standard InChI is InChI=1S/C19H18N4O4S/c1-2-3-10-22-18(25)16(17(24)20-19(22)28)12-15-5-4-11-21(15)13-6-8-14(9-7-13)23(26)27/h4-9,11-12H,2-3,10H2,1H3,(H,20,24,28). The van der Waals surface area contributed by atoms with E-state index >= 15 is 0 Å². The number of carbonyl (C=O) groups is 2. The Labute approximate surface area is 166 Å². The first-order valence-corrected chi connectivity index (χ1v) is 9.14. The number of nitrogens with one attached hydrogen (secondary N) is 1. The molecule has 144 valence electrons. The molecule has 9 heteroatoms. The fraction of sp³-hybridized carbons (Fsp3) is 0.211. The number of nitro benzene ring substituents is 1. The summed E-state index contributed by atoms with van der Waals surface area (Å²) < 4.78 is 1.74. The van der Waals surface area contributed by atoms with Crippen LogP contribution in [0.2, 0.25) is 0 Å². The molecule has 3 rings (SSSR count). The Hall–Kier alpha value is -3.33. The molecule has 1 aromatic carbocycles. The van der Waals surface area contributed by atoms with Gasteiger partial charge in [0.2, 0.25) is 0 Å². The van der Waals surface area contributed by atoms with Crippen molar-refractivity contribution in [3.8, 4) is 5.69 Å². The van der Waals surface area contributed by atoms with Crippen LogP contribution in [0.4, 0.5) is 5.69 Å². The first-order valence-electron chi connectivity index (χ1n) is 8.73. The van der Waals surface area contributed by atoms with Crippen LogP contribution in [0.25, 0.3) is 11.8 Å². The maximum Gasteiger partial charge on any atom is 0.269 e. The maximum atomic E-state index is 12.8. The molecule has 1 aliphatic heterocycles. The largest absolute Gasteiger partial charge is 0.317 e.